The van der Waals surface area contributed by atoms with Gasteiger partial charge in [0, 0.05) is 6.42 Å². The van der Waals surface area contributed by atoms with Gasteiger partial charge in [0.05, 0.1) is 12.6 Å². The number of carbonyl (C=O) groups is 2. The topological polar surface area (TPSA) is 64.6 Å². The summed E-state index contributed by atoms with van der Waals surface area (Å²) in [6.45, 7) is 2.04. The van der Waals surface area contributed by atoms with Crippen molar-refractivity contribution in [3.05, 3.63) is 66.2 Å². The summed E-state index contributed by atoms with van der Waals surface area (Å²) in [5.74, 6) is 0.0505. The monoisotopic (exact) mass is 341 g/mol. The first-order valence-corrected chi connectivity index (χ1v) is 8.33. The van der Waals surface area contributed by atoms with Gasteiger partial charge in [0.15, 0.2) is 6.61 Å². The molecule has 25 heavy (non-hydrogen) atoms. The van der Waals surface area contributed by atoms with Crippen LogP contribution in [-0.4, -0.2) is 25.1 Å². The molecule has 0 bridgehead atoms. The summed E-state index contributed by atoms with van der Waals surface area (Å²) in [6, 6.07) is 18.9. The van der Waals surface area contributed by atoms with Crippen LogP contribution in [0.4, 0.5) is 0 Å². The van der Waals surface area contributed by atoms with Gasteiger partial charge < -0.3 is 14.8 Å². The zero-order valence-corrected chi connectivity index (χ0v) is 14.3. The van der Waals surface area contributed by atoms with Crippen molar-refractivity contribution in [1.29, 1.82) is 0 Å². The first-order valence-electron chi connectivity index (χ1n) is 8.33. The van der Waals surface area contributed by atoms with Crippen LogP contribution in [0.2, 0.25) is 0 Å². The maximum absolute atomic E-state index is 11.8. The van der Waals surface area contributed by atoms with Crippen LogP contribution in [-0.2, 0) is 14.3 Å². The average molecular weight is 341 g/mol. The minimum atomic E-state index is -0.404. The fourth-order valence-electron chi connectivity index (χ4n) is 2.25. The van der Waals surface area contributed by atoms with E-state index in [-0.39, 0.29) is 25.0 Å². The van der Waals surface area contributed by atoms with Crippen molar-refractivity contribution < 1.29 is 19.1 Å². The third-order valence-electron chi connectivity index (χ3n) is 3.58. The lowest BCUT2D eigenvalue weighted by atomic mass is 10.1. The molecule has 2 aromatic rings. The number of rotatable bonds is 9. The van der Waals surface area contributed by atoms with Crippen LogP contribution in [0.25, 0.3) is 0 Å². The third-order valence-corrected chi connectivity index (χ3v) is 3.58. The molecule has 0 aliphatic heterocycles. The molecule has 0 aliphatic rings. The molecule has 2 aromatic carbocycles. The standard InChI is InChI=1S/C20H23NO4/c1-16(17-9-4-2-5-10-17)21-19(22)15-25-20(23)13-8-14-24-18-11-6-3-7-12-18/h2-7,9-12,16H,8,13-15H2,1H3,(H,21,22)/t16-/m1/s1. The summed E-state index contributed by atoms with van der Waals surface area (Å²) in [7, 11) is 0. The fourth-order valence-corrected chi connectivity index (χ4v) is 2.25. The summed E-state index contributed by atoms with van der Waals surface area (Å²) >= 11 is 0. The molecule has 0 radical (unpaired) electrons. The Labute approximate surface area is 148 Å². The Morgan fingerprint density at radius 2 is 1.64 bits per heavy atom. The van der Waals surface area contributed by atoms with Gasteiger partial charge in [-0.1, -0.05) is 48.5 Å². The van der Waals surface area contributed by atoms with Crippen molar-refractivity contribution in [3.63, 3.8) is 0 Å². The predicted molar refractivity (Wildman–Crippen MR) is 95.1 cm³/mol. The van der Waals surface area contributed by atoms with Gasteiger partial charge in [0.1, 0.15) is 5.75 Å². The molecule has 0 aromatic heterocycles. The van der Waals surface area contributed by atoms with Crippen LogP contribution in [0.15, 0.2) is 60.7 Å². The maximum atomic E-state index is 11.8. The number of benzene rings is 2. The second-order valence-electron chi connectivity index (χ2n) is 5.63. The van der Waals surface area contributed by atoms with Crippen molar-refractivity contribution >= 4 is 11.9 Å². The molecule has 0 fully saturated rings. The summed E-state index contributed by atoms with van der Waals surface area (Å²) in [5, 5.41) is 2.80. The molecule has 1 N–H and O–H groups in total. The molecule has 0 saturated carbocycles. The van der Waals surface area contributed by atoms with Gasteiger partial charge in [-0.2, -0.15) is 0 Å². The molecule has 0 heterocycles. The van der Waals surface area contributed by atoms with E-state index in [1.807, 2.05) is 67.6 Å². The lowest BCUT2D eigenvalue weighted by Gasteiger charge is -2.14. The van der Waals surface area contributed by atoms with Crippen molar-refractivity contribution in [2.75, 3.05) is 13.2 Å². The minimum Gasteiger partial charge on any atom is -0.494 e. The molecule has 0 saturated heterocycles. The highest BCUT2D eigenvalue weighted by Crippen LogP contribution is 2.11. The first kappa shape index (κ1) is 18.5. The van der Waals surface area contributed by atoms with E-state index in [0.717, 1.165) is 11.3 Å². The zero-order chi connectivity index (χ0) is 17.9. The SMILES string of the molecule is C[C@@H](NC(=O)COC(=O)CCCOc1ccccc1)c1ccccc1. The van der Waals surface area contributed by atoms with E-state index in [0.29, 0.717) is 13.0 Å². The Kier molecular flexibility index (Phi) is 7.50. The van der Waals surface area contributed by atoms with Crippen LogP contribution >= 0.6 is 0 Å². The van der Waals surface area contributed by atoms with Gasteiger partial charge >= 0.3 is 5.97 Å². The molecule has 0 unspecified atom stereocenters. The Balaban J connectivity index is 1.58. The molecule has 5 heteroatoms. The van der Waals surface area contributed by atoms with E-state index in [4.69, 9.17) is 9.47 Å². The van der Waals surface area contributed by atoms with Crippen LogP contribution in [0.3, 0.4) is 0 Å². The summed E-state index contributed by atoms with van der Waals surface area (Å²) < 4.78 is 10.5. The van der Waals surface area contributed by atoms with E-state index < -0.39 is 5.97 Å². The van der Waals surface area contributed by atoms with Crippen molar-refractivity contribution in [3.8, 4) is 5.75 Å². The van der Waals surface area contributed by atoms with E-state index in [9.17, 15) is 9.59 Å². The van der Waals surface area contributed by atoms with E-state index >= 15 is 0 Å². The Morgan fingerprint density at radius 1 is 1.00 bits per heavy atom. The molecule has 5 nitrogen and oxygen atoms in total. The van der Waals surface area contributed by atoms with Gasteiger partial charge in [-0.3, -0.25) is 9.59 Å². The fraction of sp³-hybridized carbons (Fsp3) is 0.300. The number of hydrogen-bond donors (Lipinski definition) is 1. The van der Waals surface area contributed by atoms with E-state index in [1.54, 1.807) is 0 Å². The number of nitrogens with one attached hydrogen (secondary N) is 1. The highest BCUT2D eigenvalue weighted by molar-refractivity contribution is 5.80. The average Bonchev–Trinajstić information content (AvgIpc) is 2.65. The highest BCUT2D eigenvalue weighted by Gasteiger charge is 2.11. The van der Waals surface area contributed by atoms with Gasteiger partial charge in [0.25, 0.3) is 5.91 Å². The summed E-state index contributed by atoms with van der Waals surface area (Å²) in [4.78, 5) is 23.5. The molecular weight excluding hydrogens is 318 g/mol. The smallest absolute Gasteiger partial charge is 0.306 e. The van der Waals surface area contributed by atoms with Crippen LogP contribution < -0.4 is 10.1 Å². The van der Waals surface area contributed by atoms with Crippen LogP contribution in [0.5, 0.6) is 5.75 Å². The Morgan fingerprint density at radius 3 is 2.32 bits per heavy atom. The number of ether oxygens (including phenoxy) is 2. The lowest BCUT2D eigenvalue weighted by molar-refractivity contribution is -0.148. The Bertz CT molecular complexity index is 658. The van der Waals surface area contributed by atoms with E-state index in [2.05, 4.69) is 5.32 Å². The van der Waals surface area contributed by atoms with Gasteiger partial charge in [0.2, 0.25) is 0 Å². The molecule has 1 amide bonds. The summed E-state index contributed by atoms with van der Waals surface area (Å²) in [6.07, 6.45) is 0.754. The second kappa shape index (κ2) is 10.1. The van der Waals surface area contributed by atoms with Crippen LogP contribution in [0.1, 0.15) is 31.4 Å². The number of hydrogen-bond acceptors (Lipinski definition) is 4. The third kappa shape index (κ3) is 7.08. The molecule has 1 atom stereocenters. The van der Waals surface area contributed by atoms with Crippen molar-refractivity contribution in [2.24, 2.45) is 0 Å². The number of para-hydroxylation sites is 1. The zero-order valence-electron chi connectivity index (χ0n) is 14.3. The second-order valence-corrected chi connectivity index (χ2v) is 5.63. The molecule has 2 rings (SSSR count). The lowest BCUT2D eigenvalue weighted by Crippen LogP contribution is -2.31. The molecule has 0 aliphatic carbocycles. The van der Waals surface area contributed by atoms with Gasteiger partial charge in [-0.15, -0.1) is 0 Å². The normalized spacial score (nSPS) is 11.4. The minimum absolute atomic E-state index is 0.133. The largest absolute Gasteiger partial charge is 0.494 e. The van der Waals surface area contributed by atoms with Gasteiger partial charge in [-0.05, 0) is 31.0 Å². The van der Waals surface area contributed by atoms with Crippen molar-refractivity contribution in [2.45, 2.75) is 25.8 Å². The number of amides is 1. The highest BCUT2D eigenvalue weighted by atomic mass is 16.5. The summed E-state index contributed by atoms with van der Waals surface area (Å²) in [5.41, 5.74) is 1.00. The molecular formula is C20H23NO4. The maximum Gasteiger partial charge on any atom is 0.306 e. The van der Waals surface area contributed by atoms with Crippen molar-refractivity contribution in [1.82, 2.24) is 5.32 Å². The van der Waals surface area contributed by atoms with E-state index in [1.165, 1.54) is 0 Å². The number of esters is 1. The predicted octanol–water partition coefficient (Wildman–Crippen LogP) is 3.27. The Hall–Kier alpha value is -2.82. The molecule has 0 spiro atoms. The van der Waals surface area contributed by atoms with Crippen LogP contribution in [0, 0.1) is 0 Å². The number of carbonyl (C=O) groups excluding carboxylic acids is 2. The van der Waals surface area contributed by atoms with Gasteiger partial charge in [-0.25, -0.2) is 0 Å². The quantitative estimate of drug-likeness (QED) is 0.562. The first-order chi connectivity index (χ1) is 12.1. The molecule has 132 valence electrons.